The summed E-state index contributed by atoms with van der Waals surface area (Å²) in [4.78, 5) is 27.4. The number of rotatable bonds is 2. The second-order valence-electron chi connectivity index (χ2n) is 3.71. The molecule has 0 spiro atoms. The first-order valence-electron chi connectivity index (χ1n) is 5.15. The number of hydrogen-bond donors (Lipinski definition) is 1. The summed E-state index contributed by atoms with van der Waals surface area (Å²) >= 11 is 0. The molecule has 0 bridgehead atoms. The zero-order valence-electron chi connectivity index (χ0n) is 9.95. The molecule has 0 aliphatic heterocycles. The molecule has 2 aromatic heterocycles. The van der Waals surface area contributed by atoms with E-state index in [4.69, 9.17) is 10.2 Å². The van der Waals surface area contributed by atoms with E-state index in [1.54, 1.807) is 12.1 Å². The molecule has 0 saturated heterocycles. The molecule has 2 aromatic rings. The highest BCUT2D eigenvalue weighted by molar-refractivity contribution is 5.80. The molecule has 7 nitrogen and oxygen atoms in total. The SMILES string of the molecule is Cn1c(N)c(N=Cc2ccco2)c(=O)n(C)c1=O. The first kappa shape index (κ1) is 11.9. The number of nitrogens with zero attached hydrogens (tertiary/aromatic N) is 3. The molecule has 0 aliphatic carbocycles. The smallest absolute Gasteiger partial charge is 0.332 e. The van der Waals surface area contributed by atoms with Crippen LogP contribution in [0.4, 0.5) is 11.5 Å². The minimum atomic E-state index is -0.543. The van der Waals surface area contributed by atoms with E-state index in [1.165, 1.54) is 26.6 Å². The van der Waals surface area contributed by atoms with Gasteiger partial charge in [-0.15, -0.1) is 0 Å². The van der Waals surface area contributed by atoms with E-state index in [2.05, 4.69) is 4.99 Å². The Labute approximate surface area is 102 Å². The zero-order chi connectivity index (χ0) is 13.3. The van der Waals surface area contributed by atoms with E-state index in [-0.39, 0.29) is 11.5 Å². The first-order valence-corrected chi connectivity index (χ1v) is 5.15. The lowest BCUT2D eigenvalue weighted by atomic mass is 10.4. The van der Waals surface area contributed by atoms with Crippen LogP contribution >= 0.6 is 0 Å². The normalized spacial score (nSPS) is 11.2. The van der Waals surface area contributed by atoms with Crippen molar-refractivity contribution in [3.8, 4) is 0 Å². The summed E-state index contributed by atoms with van der Waals surface area (Å²) in [5.74, 6) is 0.510. The Morgan fingerprint density at radius 3 is 2.67 bits per heavy atom. The molecular formula is C11H12N4O3. The van der Waals surface area contributed by atoms with Crippen LogP contribution in [0, 0.1) is 0 Å². The Morgan fingerprint density at radius 2 is 2.06 bits per heavy atom. The standard InChI is InChI=1S/C11H12N4O3/c1-14-9(12)8(10(16)15(2)11(14)17)13-6-7-4-3-5-18-7/h3-6H,12H2,1-2H3. The molecule has 94 valence electrons. The Kier molecular flexibility index (Phi) is 2.88. The van der Waals surface area contributed by atoms with Gasteiger partial charge in [0.05, 0.1) is 12.5 Å². The predicted molar refractivity (Wildman–Crippen MR) is 67.3 cm³/mol. The van der Waals surface area contributed by atoms with Gasteiger partial charge in [-0.05, 0) is 12.1 Å². The summed E-state index contributed by atoms with van der Waals surface area (Å²) < 4.78 is 7.16. The highest BCUT2D eigenvalue weighted by Crippen LogP contribution is 2.13. The topological polar surface area (TPSA) is 95.5 Å². The van der Waals surface area contributed by atoms with E-state index in [1.807, 2.05) is 0 Å². The third-order valence-corrected chi connectivity index (χ3v) is 2.55. The molecule has 2 N–H and O–H groups in total. The minimum Gasteiger partial charge on any atom is -0.463 e. The fourth-order valence-corrected chi connectivity index (χ4v) is 1.46. The molecule has 2 heterocycles. The monoisotopic (exact) mass is 248 g/mol. The van der Waals surface area contributed by atoms with Gasteiger partial charge < -0.3 is 10.2 Å². The second-order valence-corrected chi connectivity index (χ2v) is 3.71. The van der Waals surface area contributed by atoms with Gasteiger partial charge in [0, 0.05) is 14.1 Å². The summed E-state index contributed by atoms with van der Waals surface area (Å²) in [6, 6.07) is 3.38. The number of hydrogen-bond acceptors (Lipinski definition) is 5. The van der Waals surface area contributed by atoms with Gasteiger partial charge in [-0.3, -0.25) is 13.9 Å². The number of nitrogen functional groups attached to an aromatic ring is 1. The van der Waals surface area contributed by atoms with E-state index in [9.17, 15) is 9.59 Å². The molecule has 0 amide bonds. The average molecular weight is 248 g/mol. The van der Waals surface area contributed by atoms with Crippen molar-refractivity contribution in [2.24, 2.45) is 19.1 Å². The molecule has 0 radical (unpaired) electrons. The van der Waals surface area contributed by atoms with Gasteiger partial charge in [0.1, 0.15) is 11.6 Å². The van der Waals surface area contributed by atoms with Crippen LogP contribution in [-0.4, -0.2) is 15.3 Å². The van der Waals surface area contributed by atoms with Crippen molar-refractivity contribution in [3.05, 3.63) is 45.0 Å². The maximum atomic E-state index is 11.8. The fourth-order valence-electron chi connectivity index (χ4n) is 1.46. The largest absolute Gasteiger partial charge is 0.463 e. The quantitative estimate of drug-likeness (QED) is 0.757. The van der Waals surface area contributed by atoms with Crippen molar-refractivity contribution in [1.82, 2.24) is 9.13 Å². The summed E-state index contributed by atoms with van der Waals surface area (Å²) in [5, 5.41) is 0. The molecule has 2 rings (SSSR count). The Balaban J connectivity index is 2.59. The van der Waals surface area contributed by atoms with Crippen LogP contribution in [0.15, 0.2) is 37.4 Å². The zero-order valence-corrected chi connectivity index (χ0v) is 9.95. The van der Waals surface area contributed by atoms with Crippen LogP contribution in [0.3, 0.4) is 0 Å². The molecule has 7 heteroatoms. The lowest BCUT2D eigenvalue weighted by Gasteiger charge is -2.07. The van der Waals surface area contributed by atoms with Crippen LogP contribution in [-0.2, 0) is 14.1 Å². The van der Waals surface area contributed by atoms with Crippen molar-refractivity contribution in [3.63, 3.8) is 0 Å². The van der Waals surface area contributed by atoms with Crippen LogP contribution in [0.1, 0.15) is 5.76 Å². The summed E-state index contributed by atoms with van der Waals surface area (Å²) in [7, 11) is 2.85. The van der Waals surface area contributed by atoms with E-state index in [0.29, 0.717) is 5.76 Å². The fraction of sp³-hybridized carbons (Fsp3) is 0.182. The van der Waals surface area contributed by atoms with Gasteiger partial charge >= 0.3 is 5.69 Å². The van der Waals surface area contributed by atoms with Gasteiger partial charge in [-0.1, -0.05) is 0 Å². The van der Waals surface area contributed by atoms with Crippen LogP contribution in [0.25, 0.3) is 0 Å². The molecule has 0 atom stereocenters. The van der Waals surface area contributed by atoms with Crippen molar-refractivity contribution in [2.75, 3.05) is 5.73 Å². The van der Waals surface area contributed by atoms with Crippen molar-refractivity contribution in [1.29, 1.82) is 0 Å². The molecular weight excluding hydrogens is 236 g/mol. The first-order chi connectivity index (χ1) is 8.52. The molecule has 0 unspecified atom stereocenters. The van der Waals surface area contributed by atoms with Crippen LogP contribution < -0.4 is 17.0 Å². The van der Waals surface area contributed by atoms with Gasteiger partial charge in [-0.2, -0.15) is 0 Å². The molecule has 0 aliphatic rings. The molecule has 0 aromatic carbocycles. The van der Waals surface area contributed by atoms with E-state index < -0.39 is 11.2 Å². The molecule has 0 saturated carbocycles. The number of nitrogens with two attached hydrogens (primary N) is 1. The molecule has 18 heavy (non-hydrogen) atoms. The van der Waals surface area contributed by atoms with Crippen molar-refractivity contribution < 1.29 is 4.42 Å². The maximum Gasteiger partial charge on any atom is 0.332 e. The number of aromatic nitrogens is 2. The van der Waals surface area contributed by atoms with Crippen molar-refractivity contribution in [2.45, 2.75) is 0 Å². The van der Waals surface area contributed by atoms with Gasteiger partial charge in [0.2, 0.25) is 0 Å². The number of aliphatic imine (C=N–C) groups is 1. The van der Waals surface area contributed by atoms with Gasteiger partial charge in [0.25, 0.3) is 5.56 Å². The summed E-state index contributed by atoms with van der Waals surface area (Å²) in [5.41, 5.74) is 4.67. The third-order valence-electron chi connectivity index (χ3n) is 2.55. The maximum absolute atomic E-state index is 11.8. The van der Waals surface area contributed by atoms with Crippen molar-refractivity contribution >= 4 is 17.7 Å². The minimum absolute atomic E-state index is 0.0102. The lowest BCUT2D eigenvalue weighted by molar-refractivity contribution is 0.560. The highest BCUT2D eigenvalue weighted by atomic mass is 16.3. The second kappa shape index (κ2) is 4.36. The highest BCUT2D eigenvalue weighted by Gasteiger charge is 2.11. The van der Waals surface area contributed by atoms with Gasteiger partial charge in [0.15, 0.2) is 5.69 Å². The Bertz CT molecular complexity index is 707. The predicted octanol–water partition coefficient (Wildman–Crippen LogP) is 0.00980. The summed E-state index contributed by atoms with van der Waals surface area (Å²) in [6.07, 6.45) is 2.86. The van der Waals surface area contributed by atoms with Gasteiger partial charge in [-0.25, -0.2) is 9.79 Å². The van der Waals surface area contributed by atoms with Crippen LogP contribution in [0.2, 0.25) is 0 Å². The van der Waals surface area contributed by atoms with E-state index in [0.717, 1.165) is 9.13 Å². The Hall–Kier alpha value is -2.57. The molecule has 0 fully saturated rings. The average Bonchev–Trinajstić information content (AvgIpc) is 2.87. The number of anilines is 1. The van der Waals surface area contributed by atoms with Crippen LogP contribution in [0.5, 0.6) is 0 Å². The van der Waals surface area contributed by atoms with E-state index >= 15 is 0 Å². The third kappa shape index (κ3) is 1.86. The Morgan fingerprint density at radius 1 is 1.33 bits per heavy atom. The lowest BCUT2D eigenvalue weighted by Crippen LogP contribution is -2.37. The number of furan rings is 1. The summed E-state index contributed by atoms with van der Waals surface area (Å²) in [6.45, 7) is 0.